The van der Waals surface area contributed by atoms with Gasteiger partial charge in [-0.25, -0.2) is 0 Å². The maximum atomic E-state index is 10.3. The molecule has 0 spiro atoms. The SMILES string of the molecule is COc1ccc(N2CCN(C[C@@H](O)COc3ccccc3C)CC2)cc1. The summed E-state index contributed by atoms with van der Waals surface area (Å²) < 4.78 is 11.0. The Labute approximate surface area is 155 Å². The third-order valence-electron chi connectivity index (χ3n) is 4.80. The van der Waals surface area contributed by atoms with Gasteiger partial charge < -0.3 is 19.5 Å². The number of methoxy groups -OCH3 is 1. The molecule has 1 aliphatic rings. The average Bonchev–Trinajstić information content (AvgIpc) is 2.68. The van der Waals surface area contributed by atoms with Gasteiger partial charge >= 0.3 is 0 Å². The molecule has 140 valence electrons. The van der Waals surface area contributed by atoms with Crippen LogP contribution in [0.15, 0.2) is 48.5 Å². The lowest BCUT2D eigenvalue weighted by Gasteiger charge is -2.36. The third-order valence-corrected chi connectivity index (χ3v) is 4.80. The molecule has 0 bridgehead atoms. The first-order chi connectivity index (χ1) is 12.7. The number of anilines is 1. The molecule has 0 aromatic heterocycles. The van der Waals surface area contributed by atoms with Crippen LogP contribution in [0.3, 0.4) is 0 Å². The van der Waals surface area contributed by atoms with Crippen molar-refractivity contribution >= 4 is 5.69 Å². The summed E-state index contributed by atoms with van der Waals surface area (Å²) in [7, 11) is 1.68. The third kappa shape index (κ3) is 4.90. The summed E-state index contributed by atoms with van der Waals surface area (Å²) in [6.07, 6.45) is -0.484. The van der Waals surface area contributed by atoms with Gasteiger partial charge in [-0.1, -0.05) is 18.2 Å². The number of benzene rings is 2. The number of aryl methyl sites for hydroxylation is 1. The Morgan fingerprint density at radius 1 is 1.00 bits per heavy atom. The highest BCUT2D eigenvalue weighted by molar-refractivity contribution is 5.49. The van der Waals surface area contributed by atoms with E-state index in [4.69, 9.17) is 9.47 Å². The van der Waals surface area contributed by atoms with Gasteiger partial charge in [0.15, 0.2) is 0 Å². The quantitative estimate of drug-likeness (QED) is 0.826. The lowest BCUT2D eigenvalue weighted by Crippen LogP contribution is -2.49. The highest BCUT2D eigenvalue weighted by Gasteiger charge is 2.20. The topological polar surface area (TPSA) is 45.2 Å². The predicted molar refractivity (Wildman–Crippen MR) is 104 cm³/mol. The van der Waals surface area contributed by atoms with Crippen LogP contribution in [0.4, 0.5) is 5.69 Å². The number of ether oxygens (including phenoxy) is 2. The molecule has 1 atom stereocenters. The lowest BCUT2D eigenvalue weighted by molar-refractivity contribution is 0.0661. The number of aliphatic hydroxyl groups is 1. The minimum atomic E-state index is -0.484. The maximum Gasteiger partial charge on any atom is 0.122 e. The van der Waals surface area contributed by atoms with Gasteiger partial charge in [0, 0.05) is 38.4 Å². The molecular formula is C21H28N2O3. The van der Waals surface area contributed by atoms with Crippen molar-refractivity contribution in [2.75, 3.05) is 51.3 Å². The summed E-state index contributed by atoms with van der Waals surface area (Å²) in [5, 5.41) is 10.3. The molecule has 3 rings (SSSR count). The summed E-state index contributed by atoms with van der Waals surface area (Å²) in [5.74, 6) is 1.72. The monoisotopic (exact) mass is 356 g/mol. The van der Waals surface area contributed by atoms with Crippen molar-refractivity contribution in [2.45, 2.75) is 13.0 Å². The summed E-state index contributed by atoms with van der Waals surface area (Å²) in [4.78, 5) is 4.66. The van der Waals surface area contributed by atoms with Crippen molar-refractivity contribution in [3.05, 3.63) is 54.1 Å². The molecule has 1 heterocycles. The van der Waals surface area contributed by atoms with Crippen molar-refractivity contribution in [2.24, 2.45) is 0 Å². The standard InChI is InChI=1S/C21H28N2O3/c1-17-5-3-4-6-21(17)26-16-19(24)15-22-11-13-23(14-12-22)18-7-9-20(25-2)10-8-18/h3-10,19,24H,11-16H2,1-2H3/t19-/m1/s1. The van der Waals surface area contributed by atoms with Gasteiger partial charge in [-0.15, -0.1) is 0 Å². The normalized spacial score (nSPS) is 16.3. The van der Waals surface area contributed by atoms with E-state index < -0.39 is 6.10 Å². The van der Waals surface area contributed by atoms with E-state index in [1.807, 2.05) is 43.3 Å². The van der Waals surface area contributed by atoms with Gasteiger partial charge in [0.05, 0.1) is 7.11 Å². The zero-order valence-electron chi connectivity index (χ0n) is 15.6. The van der Waals surface area contributed by atoms with Crippen molar-refractivity contribution in [3.8, 4) is 11.5 Å². The number of para-hydroxylation sites is 1. The van der Waals surface area contributed by atoms with Gasteiger partial charge in [0.25, 0.3) is 0 Å². The summed E-state index contributed by atoms with van der Waals surface area (Å²) in [6, 6.07) is 16.1. The van der Waals surface area contributed by atoms with Crippen LogP contribution in [-0.4, -0.2) is 62.6 Å². The van der Waals surface area contributed by atoms with E-state index >= 15 is 0 Å². The first-order valence-corrected chi connectivity index (χ1v) is 9.13. The minimum absolute atomic E-state index is 0.323. The van der Waals surface area contributed by atoms with Crippen LogP contribution >= 0.6 is 0 Å². The minimum Gasteiger partial charge on any atom is -0.497 e. The Balaban J connectivity index is 1.42. The van der Waals surface area contributed by atoms with Crippen molar-refractivity contribution < 1.29 is 14.6 Å². The zero-order valence-corrected chi connectivity index (χ0v) is 15.6. The number of β-amino-alcohol motifs (C(OH)–C–C–N with tert-alkyl or cyclic N) is 1. The highest BCUT2D eigenvalue weighted by Crippen LogP contribution is 2.21. The maximum absolute atomic E-state index is 10.3. The van der Waals surface area contributed by atoms with E-state index in [1.165, 1.54) is 5.69 Å². The number of hydrogen-bond acceptors (Lipinski definition) is 5. The van der Waals surface area contributed by atoms with E-state index in [2.05, 4.69) is 21.9 Å². The summed E-state index contributed by atoms with van der Waals surface area (Å²) >= 11 is 0. The molecule has 1 saturated heterocycles. The van der Waals surface area contributed by atoms with Gasteiger partial charge in [-0.3, -0.25) is 4.90 Å². The molecule has 0 unspecified atom stereocenters. The Morgan fingerprint density at radius 2 is 1.69 bits per heavy atom. The van der Waals surface area contributed by atoms with Crippen LogP contribution in [0.25, 0.3) is 0 Å². The van der Waals surface area contributed by atoms with E-state index in [9.17, 15) is 5.11 Å². The van der Waals surface area contributed by atoms with Crippen LogP contribution < -0.4 is 14.4 Å². The first-order valence-electron chi connectivity index (χ1n) is 9.13. The number of aliphatic hydroxyl groups excluding tert-OH is 1. The molecule has 26 heavy (non-hydrogen) atoms. The Bertz CT molecular complexity index is 682. The van der Waals surface area contributed by atoms with Crippen LogP contribution in [0, 0.1) is 6.92 Å². The second kappa shape index (κ2) is 8.92. The Hall–Kier alpha value is -2.24. The molecule has 1 fully saturated rings. The fourth-order valence-electron chi connectivity index (χ4n) is 3.24. The summed E-state index contributed by atoms with van der Waals surface area (Å²) in [6.45, 7) is 6.77. The van der Waals surface area contributed by atoms with Crippen LogP contribution in [0.2, 0.25) is 0 Å². The van der Waals surface area contributed by atoms with E-state index in [1.54, 1.807) is 7.11 Å². The molecule has 0 radical (unpaired) electrons. The van der Waals surface area contributed by atoms with Crippen molar-refractivity contribution in [1.82, 2.24) is 4.90 Å². The Kier molecular flexibility index (Phi) is 6.36. The number of rotatable bonds is 7. The highest BCUT2D eigenvalue weighted by atomic mass is 16.5. The van der Waals surface area contributed by atoms with Crippen LogP contribution in [-0.2, 0) is 0 Å². The first kappa shape index (κ1) is 18.5. The molecule has 0 aliphatic carbocycles. The van der Waals surface area contributed by atoms with Gasteiger partial charge in [-0.2, -0.15) is 0 Å². The molecule has 5 nitrogen and oxygen atoms in total. The second-order valence-corrected chi connectivity index (χ2v) is 6.72. The predicted octanol–water partition coefficient (Wildman–Crippen LogP) is 2.57. The molecule has 0 saturated carbocycles. The van der Waals surface area contributed by atoms with E-state index in [0.29, 0.717) is 13.2 Å². The van der Waals surface area contributed by atoms with E-state index in [0.717, 1.165) is 43.2 Å². The largest absolute Gasteiger partial charge is 0.497 e. The number of piperazine rings is 1. The molecule has 0 amide bonds. The molecule has 2 aromatic rings. The van der Waals surface area contributed by atoms with Crippen LogP contribution in [0.1, 0.15) is 5.56 Å². The molecular weight excluding hydrogens is 328 g/mol. The summed E-state index contributed by atoms with van der Waals surface area (Å²) in [5.41, 5.74) is 2.31. The van der Waals surface area contributed by atoms with Gasteiger partial charge in [0.1, 0.15) is 24.2 Å². The molecule has 1 aliphatic heterocycles. The average molecular weight is 356 g/mol. The van der Waals surface area contributed by atoms with Crippen LogP contribution in [0.5, 0.6) is 11.5 Å². The fourth-order valence-corrected chi connectivity index (χ4v) is 3.24. The van der Waals surface area contributed by atoms with Crippen molar-refractivity contribution in [3.63, 3.8) is 0 Å². The second-order valence-electron chi connectivity index (χ2n) is 6.72. The lowest BCUT2D eigenvalue weighted by atomic mass is 10.2. The van der Waals surface area contributed by atoms with Gasteiger partial charge in [0.2, 0.25) is 0 Å². The van der Waals surface area contributed by atoms with Gasteiger partial charge in [-0.05, 0) is 42.8 Å². The van der Waals surface area contributed by atoms with Crippen molar-refractivity contribution in [1.29, 1.82) is 0 Å². The fraction of sp³-hybridized carbons (Fsp3) is 0.429. The molecule has 2 aromatic carbocycles. The van der Waals surface area contributed by atoms with E-state index in [-0.39, 0.29) is 0 Å². The smallest absolute Gasteiger partial charge is 0.122 e. The molecule has 1 N–H and O–H groups in total. The molecule has 5 heteroatoms. The number of nitrogens with zero attached hydrogens (tertiary/aromatic N) is 2. The zero-order chi connectivity index (χ0) is 18.4. The Morgan fingerprint density at radius 3 is 2.35 bits per heavy atom. The number of hydrogen-bond donors (Lipinski definition) is 1.